The molecule has 1 heterocycles. The molecule has 1 aliphatic carbocycles. The number of aromatic nitrogens is 4. The number of benzene rings is 2. The van der Waals surface area contributed by atoms with Gasteiger partial charge in [-0.1, -0.05) is 43.2 Å². The Labute approximate surface area is 195 Å². The zero-order chi connectivity index (χ0) is 23.2. The summed E-state index contributed by atoms with van der Waals surface area (Å²) in [5.41, 5.74) is 2.46. The first-order valence-corrected chi connectivity index (χ1v) is 11.9. The summed E-state index contributed by atoms with van der Waals surface area (Å²) >= 11 is 1.11. The molecule has 2 amide bonds. The van der Waals surface area contributed by atoms with Gasteiger partial charge in [0.15, 0.2) is 0 Å². The SMILES string of the molecule is Cc1cc(NC(=O)CSc2nnnn2-c2ccccc2F)ccc1NC(=O)C1CCCCC1. The number of carbonyl (C=O) groups is 2. The van der Waals surface area contributed by atoms with Gasteiger partial charge in [0.2, 0.25) is 17.0 Å². The molecule has 0 aliphatic heterocycles. The van der Waals surface area contributed by atoms with Crippen LogP contribution in [-0.2, 0) is 9.59 Å². The lowest BCUT2D eigenvalue weighted by molar-refractivity contribution is -0.120. The van der Waals surface area contributed by atoms with Gasteiger partial charge in [0.05, 0.1) is 5.75 Å². The molecule has 1 aliphatic rings. The fourth-order valence-electron chi connectivity index (χ4n) is 3.85. The van der Waals surface area contributed by atoms with E-state index >= 15 is 0 Å². The lowest BCUT2D eigenvalue weighted by Gasteiger charge is -2.21. The quantitative estimate of drug-likeness (QED) is 0.500. The second-order valence-corrected chi connectivity index (χ2v) is 8.96. The van der Waals surface area contributed by atoms with Crippen LogP contribution < -0.4 is 10.6 Å². The van der Waals surface area contributed by atoms with Gasteiger partial charge in [0, 0.05) is 17.3 Å². The van der Waals surface area contributed by atoms with Crippen LogP contribution in [0.15, 0.2) is 47.6 Å². The zero-order valence-corrected chi connectivity index (χ0v) is 19.1. The third kappa shape index (κ3) is 5.75. The standard InChI is InChI=1S/C23H25FN6O2S/c1-15-13-17(11-12-19(15)26-22(32)16-7-3-2-4-8-16)25-21(31)14-33-23-27-28-29-30(23)20-10-6-5-9-18(20)24/h5-6,9-13,16H,2-4,7-8,14H2,1H3,(H,25,31)(H,26,32). The van der Waals surface area contributed by atoms with Gasteiger partial charge in [-0.2, -0.15) is 4.68 Å². The molecular weight excluding hydrogens is 443 g/mol. The van der Waals surface area contributed by atoms with Gasteiger partial charge in [0.25, 0.3) is 0 Å². The molecule has 33 heavy (non-hydrogen) atoms. The van der Waals surface area contributed by atoms with Crippen LogP contribution >= 0.6 is 11.8 Å². The first kappa shape index (κ1) is 22.9. The summed E-state index contributed by atoms with van der Waals surface area (Å²) in [5.74, 6) is -0.508. The monoisotopic (exact) mass is 468 g/mol. The van der Waals surface area contributed by atoms with E-state index in [1.165, 1.54) is 17.2 Å². The summed E-state index contributed by atoms with van der Waals surface area (Å²) in [6.07, 6.45) is 5.29. The van der Waals surface area contributed by atoms with E-state index in [2.05, 4.69) is 26.2 Å². The number of para-hydroxylation sites is 1. The number of hydrogen-bond donors (Lipinski definition) is 2. The minimum absolute atomic E-state index is 0.0496. The molecule has 1 fully saturated rings. The Morgan fingerprint density at radius 3 is 2.67 bits per heavy atom. The molecule has 10 heteroatoms. The number of rotatable bonds is 7. The predicted octanol–water partition coefficient (Wildman–Crippen LogP) is 4.36. The Balaban J connectivity index is 1.33. The summed E-state index contributed by atoms with van der Waals surface area (Å²) in [7, 11) is 0. The molecular formula is C23H25FN6O2S. The van der Waals surface area contributed by atoms with Crippen molar-refractivity contribution in [2.45, 2.75) is 44.2 Å². The van der Waals surface area contributed by atoms with Gasteiger partial charge in [-0.3, -0.25) is 9.59 Å². The normalized spacial score (nSPS) is 14.1. The van der Waals surface area contributed by atoms with E-state index in [-0.39, 0.29) is 29.2 Å². The minimum Gasteiger partial charge on any atom is -0.326 e. The average Bonchev–Trinajstić information content (AvgIpc) is 3.29. The number of aryl methyl sites for hydroxylation is 1. The maximum absolute atomic E-state index is 14.0. The maximum atomic E-state index is 14.0. The van der Waals surface area contributed by atoms with E-state index in [0.29, 0.717) is 10.8 Å². The number of tetrazole rings is 1. The number of thioether (sulfide) groups is 1. The number of carbonyl (C=O) groups excluding carboxylic acids is 2. The number of halogens is 1. The van der Waals surface area contributed by atoms with Gasteiger partial charge in [0.1, 0.15) is 11.5 Å². The Morgan fingerprint density at radius 1 is 1.12 bits per heavy atom. The van der Waals surface area contributed by atoms with Crippen LogP contribution in [0.2, 0.25) is 0 Å². The van der Waals surface area contributed by atoms with Gasteiger partial charge in [-0.05, 0) is 66.1 Å². The van der Waals surface area contributed by atoms with Crippen molar-refractivity contribution < 1.29 is 14.0 Å². The van der Waals surface area contributed by atoms with Gasteiger partial charge in [-0.25, -0.2) is 4.39 Å². The molecule has 0 atom stereocenters. The maximum Gasteiger partial charge on any atom is 0.234 e. The number of hydrogen-bond acceptors (Lipinski definition) is 6. The number of anilines is 2. The van der Waals surface area contributed by atoms with Crippen molar-refractivity contribution in [1.29, 1.82) is 0 Å². The van der Waals surface area contributed by atoms with Crippen LogP contribution in [0.5, 0.6) is 0 Å². The molecule has 4 rings (SSSR count). The molecule has 0 unspecified atom stereocenters. The number of amides is 2. The lowest BCUT2D eigenvalue weighted by Crippen LogP contribution is -2.25. The van der Waals surface area contributed by atoms with Crippen LogP contribution in [0.4, 0.5) is 15.8 Å². The van der Waals surface area contributed by atoms with Crippen molar-refractivity contribution in [3.63, 3.8) is 0 Å². The summed E-state index contributed by atoms with van der Waals surface area (Å²) < 4.78 is 15.3. The Hall–Kier alpha value is -3.27. The summed E-state index contributed by atoms with van der Waals surface area (Å²) in [5, 5.41) is 17.5. The molecule has 2 N–H and O–H groups in total. The average molecular weight is 469 g/mol. The van der Waals surface area contributed by atoms with E-state index in [4.69, 9.17) is 0 Å². The second-order valence-electron chi connectivity index (χ2n) is 8.02. The van der Waals surface area contributed by atoms with Crippen molar-refractivity contribution in [3.8, 4) is 5.69 Å². The lowest BCUT2D eigenvalue weighted by atomic mass is 9.88. The van der Waals surface area contributed by atoms with E-state index < -0.39 is 5.82 Å². The van der Waals surface area contributed by atoms with Crippen LogP contribution in [-0.4, -0.2) is 37.8 Å². The van der Waals surface area contributed by atoms with Crippen LogP contribution in [0, 0.1) is 18.7 Å². The highest BCUT2D eigenvalue weighted by molar-refractivity contribution is 7.99. The van der Waals surface area contributed by atoms with Crippen LogP contribution in [0.1, 0.15) is 37.7 Å². The van der Waals surface area contributed by atoms with Crippen molar-refractivity contribution in [2.24, 2.45) is 5.92 Å². The van der Waals surface area contributed by atoms with Crippen LogP contribution in [0.25, 0.3) is 5.69 Å². The zero-order valence-electron chi connectivity index (χ0n) is 18.3. The van der Waals surface area contributed by atoms with Crippen molar-refractivity contribution in [2.75, 3.05) is 16.4 Å². The van der Waals surface area contributed by atoms with E-state index in [0.717, 1.165) is 48.7 Å². The summed E-state index contributed by atoms with van der Waals surface area (Å²) in [6, 6.07) is 11.5. The largest absolute Gasteiger partial charge is 0.326 e. The molecule has 0 bridgehead atoms. The highest BCUT2D eigenvalue weighted by Gasteiger charge is 2.21. The Morgan fingerprint density at radius 2 is 1.91 bits per heavy atom. The second kappa shape index (κ2) is 10.6. The van der Waals surface area contributed by atoms with Gasteiger partial charge < -0.3 is 10.6 Å². The topological polar surface area (TPSA) is 102 Å². The van der Waals surface area contributed by atoms with Crippen LogP contribution in [0.3, 0.4) is 0 Å². The van der Waals surface area contributed by atoms with Crippen molar-refractivity contribution in [3.05, 3.63) is 53.8 Å². The highest BCUT2D eigenvalue weighted by Crippen LogP contribution is 2.27. The van der Waals surface area contributed by atoms with E-state index in [1.54, 1.807) is 30.3 Å². The molecule has 8 nitrogen and oxygen atoms in total. The van der Waals surface area contributed by atoms with Crippen molar-refractivity contribution >= 4 is 35.0 Å². The molecule has 3 aromatic rings. The highest BCUT2D eigenvalue weighted by atomic mass is 32.2. The third-order valence-electron chi connectivity index (χ3n) is 5.60. The molecule has 2 aromatic carbocycles. The predicted molar refractivity (Wildman–Crippen MR) is 125 cm³/mol. The summed E-state index contributed by atoms with van der Waals surface area (Å²) in [4.78, 5) is 25.0. The van der Waals surface area contributed by atoms with Crippen molar-refractivity contribution in [1.82, 2.24) is 20.2 Å². The molecule has 1 saturated carbocycles. The fourth-order valence-corrected chi connectivity index (χ4v) is 4.54. The van der Waals surface area contributed by atoms with E-state index in [9.17, 15) is 14.0 Å². The van der Waals surface area contributed by atoms with E-state index in [1.807, 2.05) is 13.0 Å². The first-order chi connectivity index (χ1) is 16.0. The number of nitrogens with zero attached hydrogens (tertiary/aromatic N) is 4. The number of nitrogens with one attached hydrogen (secondary N) is 2. The smallest absolute Gasteiger partial charge is 0.234 e. The molecule has 0 spiro atoms. The molecule has 1 aromatic heterocycles. The summed E-state index contributed by atoms with van der Waals surface area (Å²) in [6.45, 7) is 1.89. The molecule has 172 valence electrons. The molecule has 0 saturated heterocycles. The third-order valence-corrected chi connectivity index (χ3v) is 6.52. The minimum atomic E-state index is -0.456. The Bertz CT molecular complexity index is 1150. The first-order valence-electron chi connectivity index (χ1n) is 10.9. The molecule has 0 radical (unpaired) electrons. The van der Waals surface area contributed by atoms with Gasteiger partial charge in [-0.15, -0.1) is 5.10 Å². The fraction of sp³-hybridized carbons (Fsp3) is 0.348. The Kier molecular flexibility index (Phi) is 7.33. The van der Waals surface area contributed by atoms with Gasteiger partial charge >= 0.3 is 0 Å².